The maximum Gasteiger partial charge on any atom is 0.160 e. The molecule has 0 spiro atoms. The fourth-order valence-electron chi connectivity index (χ4n) is 3.78. The molecule has 2 rings (SSSR count). The molecular weight excluding hydrogens is 342 g/mol. The van der Waals surface area contributed by atoms with Crippen molar-refractivity contribution in [3.8, 4) is 0 Å². The predicted octanol–water partition coefficient (Wildman–Crippen LogP) is 1.54. The second-order valence-corrected chi connectivity index (χ2v) is 8.43. The lowest BCUT2D eigenvalue weighted by Gasteiger charge is -2.38. The summed E-state index contributed by atoms with van der Waals surface area (Å²) in [4.78, 5) is 30.5. The van der Waals surface area contributed by atoms with Crippen LogP contribution >= 0.6 is 0 Å². The van der Waals surface area contributed by atoms with Gasteiger partial charge in [0.25, 0.3) is 0 Å². The number of hydrogen-bond donors (Lipinski definition) is 0. The summed E-state index contributed by atoms with van der Waals surface area (Å²) in [6, 6.07) is 0. The first-order chi connectivity index (χ1) is 13.0. The number of piperidine rings is 1. The van der Waals surface area contributed by atoms with Crippen molar-refractivity contribution in [2.45, 2.75) is 40.0 Å². The van der Waals surface area contributed by atoms with Crippen molar-refractivity contribution < 1.29 is 14.3 Å². The molecule has 0 aromatic rings. The first-order valence-corrected chi connectivity index (χ1v) is 10.8. The molecule has 2 aliphatic heterocycles. The summed E-state index contributed by atoms with van der Waals surface area (Å²) in [5, 5.41) is 0. The van der Waals surface area contributed by atoms with Gasteiger partial charge in [0.2, 0.25) is 0 Å². The van der Waals surface area contributed by atoms with Crippen LogP contribution in [-0.2, 0) is 14.3 Å². The zero-order valence-corrected chi connectivity index (χ0v) is 17.6. The zero-order chi connectivity index (χ0) is 19.6. The number of rotatable bonds is 11. The van der Waals surface area contributed by atoms with Gasteiger partial charge in [-0.2, -0.15) is 0 Å². The van der Waals surface area contributed by atoms with Gasteiger partial charge >= 0.3 is 0 Å². The molecule has 0 saturated carbocycles. The molecule has 2 fully saturated rings. The SMILES string of the molecule is CCC(=O)CN1CCC(CN2CCN(CCOCC(=O)C(C)C)CC2)CC1. The van der Waals surface area contributed by atoms with Crippen molar-refractivity contribution in [2.75, 3.05) is 72.1 Å². The first-order valence-electron chi connectivity index (χ1n) is 10.8. The molecule has 2 heterocycles. The Morgan fingerprint density at radius 1 is 0.963 bits per heavy atom. The van der Waals surface area contributed by atoms with E-state index in [9.17, 15) is 9.59 Å². The van der Waals surface area contributed by atoms with E-state index >= 15 is 0 Å². The Kier molecular flexibility index (Phi) is 9.90. The average molecular weight is 382 g/mol. The number of carbonyl (C=O) groups is 2. The Hall–Kier alpha value is -0.820. The summed E-state index contributed by atoms with van der Waals surface area (Å²) in [5.74, 6) is 1.38. The molecular formula is C21H39N3O3. The Morgan fingerprint density at radius 3 is 2.19 bits per heavy atom. The minimum Gasteiger partial charge on any atom is -0.372 e. The van der Waals surface area contributed by atoms with Crippen molar-refractivity contribution in [3.05, 3.63) is 0 Å². The van der Waals surface area contributed by atoms with E-state index in [1.54, 1.807) is 0 Å². The van der Waals surface area contributed by atoms with Gasteiger partial charge in [-0.1, -0.05) is 20.8 Å². The van der Waals surface area contributed by atoms with E-state index in [0.717, 1.165) is 51.7 Å². The molecule has 6 heteroatoms. The molecule has 27 heavy (non-hydrogen) atoms. The molecule has 0 radical (unpaired) electrons. The fraction of sp³-hybridized carbons (Fsp3) is 0.905. The highest BCUT2D eigenvalue weighted by atomic mass is 16.5. The number of ketones is 2. The number of Topliss-reactive ketones (excluding diaryl/α,β-unsaturated/α-hetero) is 2. The third-order valence-corrected chi connectivity index (χ3v) is 5.92. The van der Waals surface area contributed by atoms with Gasteiger partial charge in [-0.05, 0) is 31.8 Å². The third kappa shape index (κ3) is 8.38. The van der Waals surface area contributed by atoms with Crippen LogP contribution in [0.1, 0.15) is 40.0 Å². The highest BCUT2D eigenvalue weighted by molar-refractivity contribution is 5.81. The normalized spacial score (nSPS) is 21.0. The number of nitrogens with zero attached hydrogens (tertiary/aromatic N) is 3. The van der Waals surface area contributed by atoms with Gasteiger partial charge in [0.05, 0.1) is 13.2 Å². The summed E-state index contributed by atoms with van der Waals surface area (Å²) in [6.07, 6.45) is 3.09. The van der Waals surface area contributed by atoms with Gasteiger partial charge in [0.1, 0.15) is 12.4 Å². The first kappa shape index (κ1) is 22.5. The molecule has 2 saturated heterocycles. The lowest BCUT2D eigenvalue weighted by Crippen LogP contribution is -2.49. The Balaban J connectivity index is 1.54. The Labute approximate surface area is 165 Å². The highest BCUT2D eigenvalue weighted by Crippen LogP contribution is 2.19. The predicted molar refractivity (Wildman–Crippen MR) is 108 cm³/mol. The summed E-state index contributed by atoms with van der Waals surface area (Å²) in [5.41, 5.74) is 0. The molecule has 6 nitrogen and oxygen atoms in total. The molecule has 156 valence electrons. The van der Waals surface area contributed by atoms with Crippen LogP contribution in [0.15, 0.2) is 0 Å². The van der Waals surface area contributed by atoms with Crippen LogP contribution in [-0.4, -0.2) is 98.4 Å². The molecule has 0 N–H and O–H groups in total. The molecule has 2 aliphatic rings. The zero-order valence-electron chi connectivity index (χ0n) is 17.6. The van der Waals surface area contributed by atoms with Crippen molar-refractivity contribution in [3.63, 3.8) is 0 Å². The summed E-state index contributed by atoms with van der Waals surface area (Å²) < 4.78 is 5.52. The summed E-state index contributed by atoms with van der Waals surface area (Å²) >= 11 is 0. The summed E-state index contributed by atoms with van der Waals surface area (Å²) in [7, 11) is 0. The van der Waals surface area contributed by atoms with Crippen LogP contribution in [0.2, 0.25) is 0 Å². The monoisotopic (exact) mass is 381 g/mol. The average Bonchev–Trinajstić information content (AvgIpc) is 2.67. The minimum atomic E-state index is 0.0625. The van der Waals surface area contributed by atoms with Crippen LogP contribution in [0.5, 0.6) is 0 Å². The molecule has 0 aromatic carbocycles. The Morgan fingerprint density at radius 2 is 1.59 bits per heavy atom. The maximum absolute atomic E-state index is 11.6. The van der Waals surface area contributed by atoms with Gasteiger partial charge in [-0.25, -0.2) is 0 Å². The topological polar surface area (TPSA) is 53.1 Å². The quantitative estimate of drug-likeness (QED) is 0.506. The van der Waals surface area contributed by atoms with E-state index < -0.39 is 0 Å². The van der Waals surface area contributed by atoms with Crippen LogP contribution in [0, 0.1) is 11.8 Å². The van der Waals surface area contributed by atoms with Gasteiger partial charge in [0, 0.05) is 51.6 Å². The van der Waals surface area contributed by atoms with E-state index in [1.807, 2.05) is 20.8 Å². The fourth-order valence-corrected chi connectivity index (χ4v) is 3.78. The van der Waals surface area contributed by atoms with Gasteiger partial charge in [0.15, 0.2) is 5.78 Å². The maximum atomic E-state index is 11.6. The van der Waals surface area contributed by atoms with Crippen LogP contribution in [0.3, 0.4) is 0 Å². The van der Waals surface area contributed by atoms with Gasteiger partial charge in [-0.3, -0.25) is 19.4 Å². The largest absolute Gasteiger partial charge is 0.372 e. The number of ether oxygens (including phenoxy) is 1. The Bertz CT molecular complexity index is 454. The van der Waals surface area contributed by atoms with E-state index in [1.165, 1.54) is 19.4 Å². The smallest absolute Gasteiger partial charge is 0.160 e. The van der Waals surface area contributed by atoms with E-state index in [2.05, 4.69) is 14.7 Å². The molecule has 0 atom stereocenters. The lowest BCUT2D eigenvalue weighted by molar-refractivity contribution is -0.126. The summed E-state index contributed by atoms with van der Waals surface area (Å²) in [6.45, 7) is 16.0. The number of likely N-dealkylation sites (tertiary alicyclic amines) is 1. The van der Waals surface area contributed by atoms with Crippen molar-refractivity contribution in [2.24, 2.45) is 11.8 Å². The number of carbonyl (C=O) groups excluding carboxylic acids is 2. The van der Waals surface area contributed by atoms with Crippen molar-refractivity contribution in [1.82, 2.24) is 14.7 Å². The molecule has 0 bridgehead atoms. The minimum absolute atomic E-state index is 0.0625. The van der Waals surface area contributed by atoms with Crippen LogP contribution in [0.4, 0.5) is 0 Å². The van der Waals surface area contributed by atoms with Crippen LogP contribution in [0.25, 0.3) is 0 Å². The molecule has 0 aromatic heterocycles. The van der Waals surface area contributed by atoms with Gasteiger partial charge in [-0.15, -0.1) is 0 Å². The second kappa shape index (κ2) is 11.9. The molecule has 0 unspecified atom stereocenters. The second-order valence-electron chi connectivity index (χ2n) is 8.43. The van der Waals surface area contributed by atoms with E-state index in [0.29, 0.717) is 25.4 Å². The lowest BCUT2D eigenvalue weighted by atomic mass is 9.95. The van der Waals surface area contributed by atoms with Crippen molar-refractivity contribution in [1.29, 1.82) is 0 Å². The standard InChI is InChI=1S/C21H39N3O3/c1-4-20(25)16-23-7-5-19(6-8-23)15-24-11-9-22(10-12-24)13-14-27-17-21(26)18(2)3/h18-19H,4-17H2,1-3H3. The van der Waals surface area contributed by atoms with E-state index in [4.69, 9.17) is 4.74 Å². The number of piperazine rings is 1. The van der Waals surface area contributed by atoms with E-state index in [-0.39, 0.29) is 18.3 Å². The number of hydrogen-bond acceptors (Lipinski definition) is 6. The van der Waals surface area contributed by atoms with Gasteiger partial charge < -0.3 is 9.64 Å². The van der Waals surface area contributed by atoms with Crippen LogP contribution < -0.4 is 0 Å². The molecule has 0 amide bonds. The van der Waals surface area contributed by atoms with Crippen molar-refractivity contribution >= 4 is 11.6 Å². The third-order valence-electron chi connectivity index (χ3n) is 5.92. The highest BCUT2D eigenvalue weighted by Gasteiger charge is 2.24. The molecule has 0 aliphatic carbocycles.